The average molecular weight is 496 g/mol. The Morgan fingerprint density at radius 1 is 1.06 bits per heavy atom. The zero-order chi connectivity index (χ0) is 22.8. The van der Waals surface area contributed by atoms with E-state index in [2.05, 4.69) is 26.6 Å². The third-order valence-electron chi connectivity index (χ3n) is 4.84. The fourth-order valence-corrected chi connectivity index (χ4v) is 3.70. The molecule has 1 fully saturated rings. The smallest absolute Gasteiger partial charge is 0.329 e. The SMILES string of the molecule is NC(=O)Cn1cc(/C=C2\NC(=O)N(CC(=O)Nc3ccc(Br)cc3)C2=O)c2ccccc21. The van der Waals surface area contributed by atoms with Crippen LogP contribution in [0.25, 0.3) is 17.0 Å². The normalized spacial score (nSPS) is 14.8. The maximum atomic E-state index is 12.8. The predicted octanol–water partition coefficient (Wildman–Crippen LogP) is 2.42. The molecule has 0 bridgehead atoms. The first-order chi connectivity index (χ1) is 15.3. The summed E-state index contributed by atoms with van der Waals surface area (Å²) in [5.74, 6) is -1.62. The van der Waals surface area contributed by atoms with Gasteiger partial charge in [0.25, 0.3) is 5.91 Å². The van der Waals surface area contributed by atoms with Crippen LogP contribution in [0.4, 0.5) is 10.5 Å². The molecule has 0 spiro atoms. The monoisotopic (exact) mass is 495 g/mol. The van der Waals surface area contributed by atoms with Gasteiger partial charge in [0.1, 0.15) is 18.8 Å². The molecule has 5 amide bonds. The third kappa shape index (κ3) is 4.40. The molecule has 10 heteroatoms. The lowest BCUT2D eigenvalue weighted by atomic mass is 10.1. The van der Waals surface area contributed by atoms with E-state index in [1.165, 1.54) is 6.08 Å². The van der Waals surface area contributed by atoms with Gasteiger partial charge < -0.3 is 20.9 Å². The molecule has 0 saturated carbocycles. The lowest BCUT2D eigenvalue weighted by Gasteiger charge is -2.12. The molecule has 0 atom stereocenters. The number of benzene rings is 2. The second kappa shape index (κ2) is 8.67. The number of carbonyl (C=O) groups is 4. The summed E-state index contributed by atoms with van der Waals surface area (Å²) in [6.07, 6.45) is 3.21. The molecule has 2 aromatic carbocycles. The highest BCUT2D eigenvalue weighted by Gasteiger charge is 2.35. The van der Waals surface area contributed by atoms with Crippen LogP contribution in [0.1, 0.15) is 5.56 Å². The molecule has 0 unspecified atom stereocenters. The number of hydrogen-bond acceptors (Lipinski definition) is 4. The van der Waals surface area contributed by atoms with Gasteiger partial charge in [0, 0.05) is 32.8 Å². The van der Waals surface area contributed by atoms with Crippen LogP contribution >= 0.6 is 15.9 Å². The van der Waals surface area contributed by atoms with Crippen LogP contribution in [-0.4, -0.2) is 39.8 Å². The fraction of sp³-hybridized carbons (Fsp3) is 0.0909. The predicted molar refractivity (Wildman–Crippen MR) is 122 cm³/mol. The van der Waals surface area contributed by atoms with Crippen LogP contribution in [0.2, 0.25) is 0 Å². The van der Waals surface area contributed by atoms with Gasteiger partial charge in [-0.3, -0.25) is 14.4 Å². The Bertz CT molecular complexity index is 1280. The van der Waals surface area contributed by atoms with E-state index in [0.717, 1.165) is 20.3 Å². The second-order valence-corrected chi connectivity index (χ2v) is 8.05. The largest absolute Gasteiger partial charge is 0.368 e. The standard InChI is InChI=1S/C22H18BrN5O4/c23-14-5-7-15(8-6-14)25-20(30)12-28-21(31)17(26-22(28)32)9-13-10-27(11-19(24)29)18-4-2-1-3-16(13)18/h1-10H,11-12H2,(H2,24,29)(H,25,30)(H,26,32)/b17-9-. The number of halogens is 1. The van der Waals surface area contributed by atoms with E-state index in [1.54, 1.807) is 35.0 Å². The lowest BCUT2D eigenvalue weighted by molar-refractivity contribution is -0.127. The minimum absolute atomic E-state index is 0.0215. The first-order valence-corrected chi connectivity index (χ1v) is 10.4. The van der Waals surface area contributed by atoms with Crippen molar-refractivity contribution < 1.29 is 19.2 Å². The van der Waals surface area contributed by atoms with Crippen molar-refractivity contribution in [2.75, 3.05) is 11.9 Å². The number of hydrogen-bond donors (Lipinski definition) is 3. The quantitative estimate of drug-likeness (QED) is 0.358. The summed E-state index contributed by atoms with van der Waals surface area (Å²) in [4.78, 5) is 49.7. The molecule has 2 heterocycles. The van der Waals surface area contributed by atoms with Gasteiger partial charge in [-0.2, -0.15) is 0 Å². The summed E-state index contributed by atoms with van der Waals surface area (Å²) >= 11 is 3.31. The molecule has 4 N–H and O–H groups in total. The molecule has 0 radical (unpaired) electrons. The zero-order valence-corrected chi connectivity index (χ0v) is 18.3. The summed E-state index contributed by atoms with van der Waals surface area (Å²) in [7, 11) is 0. The van der Waals surface area contributed by atoms with Gasteiger partial charge in [0.15, 0.2) is 0 Å². The zero-order valence-electron chi connectivity index (χ0n) is 16.7. The first-order valence-electron chi connectivity index (χ1n) is 9.58. The van der Waals surface area contributed by atoms with E-state index in [0.29, 0.717) is 11.3 Å². The summed E-state index contributed by atoms with van der Waals surface area (Å²) in [5, 5.41) is 5.94. The maximum Gasteiger partial charge on any atom is 0.329 e. The Kier molecular flexibility index (Phi) is 5.78. The molecule has 1 aliphatic rings. The highest BCUT2D eigenvalue weighted by atomic mass is 79.9. The van der Waals surface area contributed by atoms with Crippen molar-refractivity contribution in [2.24, 2.45) is 5.73 Å². The molecule has 0 aliphatic carbocycles. The minimum atomic E-state index is -0.687. The average Bonchev–Trinajstić information content (AvgIpc) is 3.22. The summed E-state index contributed by atoms with van der Waals surface area (Å²) in [5.41, 5.74) is 7.30. The number of anilines is 1. The number of fused-ring (bicyclic) bond motifs is 1. The lowest BCUT2D eigenvalue weighted by Crippen LogP contribution is -2.38. The fourth-order valence-electron chi connectivity index (χ4n) is 3.44. The van der Waals surface area contributed by atoms with Crippen LogP contribution in [-0.2, 0) is 20.9 Å². The van der Waals surface area contributed by atoms with Gasteiger partial charge in [-0.1, -0.05) is 34.1 Å². The molecule has 4 rings (SSSR count). The van der Waals surface area contributed by atoms with Crippen molar-refractivity contribution in [2.45, 2.75) is 6.54 Å². The topological polar surface area (TPSA) is 127 Å². The number of urea groups is 1. The number of nitrogens with one attached hydrogen (secondary N) is 2. The van der Waals surface area contributed by atoms with E-state index in [4.69, 9.17) is 5.73 Å². The Morgan fingerprint density at radius 3 is 2.50 bits per heavy atom. The molecule has 32 heavy (non-hydrogen) atoms. The van der Waals surface area contributed by atoms with Crippen molar-refractivity contribution in [1.82, 2.24) is 14.8 Å². The van der Waals surface area contributed by atoms with Gasteiger partial charge in [-0.05, 0) is 36.4 Å². The first kappa shape index (κ1) is 21.3. The summed E-state index contributed by atoms with van der Waals surface area (Å²) < 4.78 is 2.53. The highest BCUT2D eigenvalue weighted by Crippen LogP contribution is 2.25. The number of nitrogens with two attached hydrogens (primary N) is 1. The van der Waals surface area contributed by atoms with Crippen LogP contribution in [0, 0.1) is 0 Å². The number of amides is 5. The molecule has 1 saturated heterocycles. The molecular weight excluding hydrogens is 478 g/mol. The molecule has 3 aromatic rings. The maximum absolute atomic E-state index is 12.8. The van der Waals surface area contributed by atoms with Crippen molar-refractivity contribution >= 4 is 62.3 Å². The van der Waals surface area contributed by atoms with E-state index in [-0.39, 0.29) is 12.2 Å². The molecule has 1 aliphatic heterocycles. The number of aromatic nitrogens is 1. The number of nitrogens with zero attached hydrogens (tertiary/aromatic N) is 2. The Morgan fingerprint density at radius 2 is 1.78 bits per heavy atom. The van der Waals surface area contributed by atoms with Gasteiger partial charge >= 0.3 is 6.03 Å². The molecule has 162 valence electrons. The van der Waals surface area contributed by atoms with Crippen LogP contribution in [0.3, 0.4) is 0 Å². The number of rotatable bonds is 6. The van der Waals surface area contributed by atoms with E-state index < -0.39 is 30.3 Å². The Balaban J connectivity index is 1.54. The van der Waals surface area contributed by atoms with E-state index >= 15 is 0 Å². The number of primary amides is 1. The number of carbonyl (C=O) groups excluding carboxylic acids is 4. The van der Waals surface area contributed by atoms with Crippen LogP contribution < -0.4 is 16.4 Å². The van der Waals surface area contributed by atoms with Gasteiger partial charge in [0.2, 0.25) is 11.8 Å². The molecule has 1 aromatic heterocycles. The number of imide groups is 1. The molecular formula is C22H18BrN5O4. The second-order valence-electron chi connectivity index (χ2n) is 7.13. The summed E-state index contributed by atoms with van der Waals surface area (Å²) in [6, 6.07) is 13.5. The van der Waals surface area contributed by atoms with Crippen molar-refractivity contribution in [1.29, 1.82) is 0 Å². The number of para-hydroxylation sites is 1. The minimum Gasteiger partial charge on any atom is -0.368 e. The Hall–Kier alpha value is -3.92. The Labute approximate surface area is 191 Å². The highest BCUT2D eigenvalue weighted by molar-refractivity contribution is 9.10. The third-order valence-corrected chi connectivity index (χ3v) is 5.37. The van der Waals surface area contributed by atoms with Crippen LogP contribution in [0.15, 0.2) is 64.9 Å². The molecule has 9 nitrogen and oxygen atoms in total. The van der Waals surface area contributed by atoms with Crippen molar-refractivity contribution in [3.8, 4) is 0 Å². The van der Waals surface area contributed by atoms with Gasteiger partial charge in [-0.25, -0.2) is 9.69 Å². The van der Waals surface area contributed by atoms with E-state index in [9.17, 15) is 19.2 Å². The van der Waals surface area contributed by atoms with Gasteiger partial charge in [-0.15, -0.1) is 0 Å². The van der Waals surface area contributed by atoms with Gasteiger partial charge in [0.05, 0.1) is 0 Å². The van der Waals surface area contributed by atoms with E-state index in [1.807, 2.05) is 24.3 Å². The van der Waals surface area contributed by atoms with Crippen molar-refractivity contribution in [3.05, 3.63) is 70.5 Å². The van der Waals surface area contributed by atoms with Crippen LogP contribution in [0.5, 0.6) is 0 Å². The summed E-state index contributed by atoms with van der Waals surface area (Å²) in [6.45, 7) is -0.451. The van der Waals surface area contributed by atoms with Crippen molar-refractivity contribution in [3.63, 3.8) is 0 Å².